The second-order valence-electron chi connectivity index (χ2n) is 14.2. The molecule has 3 aliphatic heterocycles. The van der Waals surface area contributed by atoms with Crippen LogP contribution in [0.15, 0.2) is 36.5 Å². The fraction of sp³-hybridized carbons (Fsp3) is 0.459. The lowest BCUT2D eigenvalue weighted by molar-refractivity contribution is -0.137. The van der Waals surface area contributed by atoms with E-state index in [1.807, 2.05) is 24.9 Å². The molecule has 49 heavy (non-hydrogen) atoms. The minimum Gasteiger partial charge on any atom is -0.488 e. The van der Waals surface area contributed by atoms with Crippen LogP contribution in [-0.4, -0.2) is 67.2 Å². The second kappa shape index (κ2) is 12.6. The van der Waals surface area contributed by atoms with E-state index in [9.17, 15) is 9.59 Å². The van der Waals surface area contributed by atoms with Gasteiger partial charge in [-0.3, -0.25) is 9.46 Å². The van der Waals surface area contributed by atoms with Crippen LogP contribution in [0.5, 0.6) is 5.75 Å². The molecule has 256 valence electrons. The number of aryl methyl sites for hydroxylation is 2. The van der Waals surface area contributed by atoms with Gasteiger partial charge in [-0.1, -0.05) is 35.4 Å². The molecule has 1 unspecified atom stereocenters. The van der Waals surface area contributed by atoms with E-state index in [4.69, 9.17) is 19.4 Å². The highest BCUT2D eigenvalue weighted by atomic mass is 31.0. The Morgan fingerprint density at radius 1 is 1.02 bits per heavy atom. The molecular formula is C37H44N7O4P. The van der Waals surface area contributed by atoms with Gasteiger partial charge in [0.25, 0.3) is 0 Å². The van der Waals surface area contributed by atoms with Crippen molar-refractivity contribution in [3.05, 3.63) is 65.0 Å². The van der Waals surface area contributed by atoms with Crippen LogP contribution in [0.25, 0.3) is 33.6 Å². The van der Waals surface area contributed by atoms with Gasteiger partial charge in [-0.25, -0.2) is 14.8 Å². The summed E-state index contributed by atoms with van der Waals surface area (Å²) < 4.78 is 13.5. The molecule has 11 nitrogen and oxygen atoms in total. The fourth-order valence-electron chi connectivity index (χ4n) is 8.16. The minimum atomic E-state index is -0.682. The average Bonchev–Trinajstić information content (AvgIpc) is 3.91. The molecule has 12 heteroatoms. The summed E-state index contributed by atoms with van der Waals surface area (Å²) in [5.74, 6) is 2.48. The number of hydrogen-bond acceptors (Lipinski definition) is 7. The van der Waals surface area contributed by atoms with Gasteiger partial charge in [0.05, 0.1) is 42.5 Å². The Balaban J connectivity index is 1.06. The molecule has 2 aromatic carbocycles. The van der Waals surface area contributed by atoms with E-state index < -0.39 is 12.1 Å². The summed E-state index contributed by atoms with van der Waals surface area (Å²) in [6.45, 7) is 7.49. The molecule has 2 aromatic heterocycles. The van der Waals surface area contributed by atoms with Crippen LogP contribution in [0.1, 0.15) is 87.0 Å². The number of hydrogen-bond donors (Lipinski definition) is 3. The molecule has 8 rings (SSSR count). The van der Waals surface area contributed by atoms with Crippen molar-refractivity contribution < 1.29 is 19.1 Å². The van der Waals surface area contributed by atoms with Gasteiger partial charge in [0.2, 0.25) is 5.91 Å². The molecule has 3 N–H and O–H groups in total. The van der Waals surface area contributed by atoms with Crippen LogP contribution in [0.2, 0.25) is 0 Å². The Hall–Kier alpha value is -4.21. The highest BCUT2D eigenvalue weighted by Crippen LogP contribution is 2.46. The lowest BCUT2D eigenvalue weighted by Crippen LogP contribution is -2.52. The summed E-state index contributed by atoms with van der Waals surface area (Å²) >= 11 is 0. The third-order valence-electron chi connectivity index (χ3n) is 10.8. The maximum absolute atomic E-state index is 13.9. The zero-order valence-electron chi connectivity index (χ0n) is 28.5. The van der Waals surface area contributed by atoms with E-state index in [1.54, 1.807) is 0 Å². The second-order valence-corrected chi connectivity index (χ2v) is 14.9. The van der Waals surface area contributed by atoms with Crippen molar-refractivity contribution in [1.29, 1.82) is 0 Å². The highest BCUT2D eigenvalue weighted by molar-refractivity contribution is 7.13. The lowest BCUT2D eigenvalue weighted by Gasteiger charge is -2.32. The fourth-order valence-corrected chi connectivity index (χ4v) is 8.63. The molecule has 0 bridgehead atoms. The Kier molecular flexibility index (Phi) is 8.23. The van der Waals surface area contributed by atoms with Crippen LogP contribution < -0.4 is 10.1 Å². The number of likely N-dealkylation sites (tertiary alicyclic amines) is 1. The van der Waals surface area contributed by atoms with Gasteiger partial charge in [0.1, 0.15) is 30.0 Å². The number of carbonyl (C=O) groups is 2. The van der Waals surface area contributed by atoms with E-state index in [-0.39, 0.29) is 23.9 Å². The molecule has 4 aromatic rings. The molecule has 0 radical (unpaired) electrons. The number of rotatable bonds is 6. The molecule has 0 saturated carbocycles. The summed E-state index contributed by atoms with van der Waals surface area (Å²) in [6.07, 6.45) is 7.00. The van der Waals surface area contributed by atoms with Gasteiger partial charge in [-0.05, 0) is 91.8 Å². The number of carbonyl (C=O) groups excluding carboxylic acids is 2. The van der Waals surface area contributed by atoms with Gasteiger partial charge in [-0.2, -0.15) is 0 Å². The Morgan fingerprint density at radius 3 is 2.65 bits per heavy atom. The Labute approximate surface area is 288 Å². The summed E-state index contributed by atoms with van der Waals surface area (Å²) in [4.78, 5) is 44.9. The minimum absolute atomic E-state index is 0.0250. The third-order valence-corrected chi connectivity index (χ3v) is 11.4. The number of benzene rings is 2. The van der Waals surface area contributed by atoms with Crippen molar-refractivity contribution in [3.8, 4) is 39.4 Å². The number of imidazole rings is 2. The van der Waals surface area contributed by atoms with Crippen LogP contribution >= 0.6 is 9.39 Å². The molecule has 5 atom stereocenters. The van der Waals surface area contributed by atoms with Crippen LogP contribution in [0.4, 0.5) is 4.79 Å². The number of ether oxygens (including phenoxy) is 2. The van der Waals surface area contributed by atoms with Crippen LogP contribution in [0.3, 0.4) is 0 Å². The Bertz CT molecular complexity index is 1940. The zero-order valence-corrected chi connectivity index (χ0v) is 29.7. The number of alkyl carbamates (subject to hydrolysis) is 1. The first kappa shape index (κ1) is 32.0. The number of nitrogens with zero attached hydrogens (tertiary/aromatic N) is 4. The number of nitrogens with one attached hydrogen (secondary N) is 3. The summed E-state index contributed by atoms with van der Waals surface area (Å²) in [7, 11) is 4.15. The van der Waals surface area contributed by atoms with E-state index in [0.717, 1.165) is 95.4 Å². The number of amides is 2. The molecule has 5 heterocycles. The lowest BCUT2D eigenvalue weighted by atomic mass is 9.86. The number of fused-ring (bicyclic) bond motifs is 6. The molecule has 2 amide bonds. The summed E-state index contributed by atoms with van der Waals surface area (Å²) in [5, 5.41) is 2.75. The van der Waals surface area contributed by atoms with Crippen molar-refractivity contribution in [3.63, 3.8) is 0 Å². The van der Waals surface area contributed by atoms with Gasteiger partial charge >= 0.3 is 6.09 Å². The first-order valence-electron chi connectivity index (χ1n) is 17.5. The summed E-state index contributed by atoms with van der Waals surface area (Å²) in [6, 6.07) is 10.5. The van der Waals surface area contributed by atoms with Crippen LogP contribution in [-0.2, 0) is 29.0 Å². The number of H-pyrrole nitrogens is 2. The van der Waals surface area contributed by atoms with Gasteiger partial charge in [0, 0.05) is 23.7 Å². The molecule has 2 fully saturated rings. The summed E-state index contributed by atoms with van der Waals surface area (Å²) in [5.41, 5.74) is 10.0. The largest absolute Gasteiger partial charge is 0.488 e. The molecular weight excluding hydrogens is 637 g/mol. The first-order valence-corrected chi connectivity index (χ1v) is 18.0. The predicted molar refractivity (Wildman–Crippen MR) is 190 cm³/mol. The topological polar surface area (TPSA) is 128 Å². The van der Waals surface area contributed by atoms with Gasteiger partial charge in [0.15, 0.2) is 0 Å². The maximum atomic E-state index is 13.9. The number of aromatic amines is 2. The van der Waals surface area contributed by atoms with Crippen molar-refractivity contribution in [2.75, 3.05) is 13.7 Å². The quantitative estimate of drug-likeness (QED) is 0.199. The molecule has 2 saturated heterocycles. The highest BCUT2D eigenvalue weighted by Gasteiger charge is 2.42. The smallest absolute Gasteiger partial charge is 0.407 e. The normalized spacial score (nSPS) is 21.8. The Morgan fingerprint density at radius 2 is 1.88 bits per heavy atom. The van der Waals surface area contributed by atoms with Gasteiger partial charge < -0.3 is 29.7 Å². The SMILES string of the molecule is COC(=O)N[C@H](C(=O)N1[C@@H](C)CC[C@H]1c1nc2c([nH]1)-c1cc3c(cc1CC2)-c1ccc(-c2cnc([C@@H]4CCCN4P)[nH]2)cc1CO3)C(C)C. The average molecular weight is 682 g/mol. The van der Waals surface area contributed by atoms with E-state index in [2.05, 4.69) is 66.6 Å². The van der Waals surface area contributed by atoms with Crippen molar-refractivity contribution >= 4 is 21.4 Å². The third kappa shape index (κ3) is 5.61. The number of aromatic nitrogens is 4. The zero-order chi connectivity index (χ0) is 34.0. The molecule has 0 spiro atoms. The van der Waals surface area contributed by atoms with E-state index in [1.165, 1.54) is 24.7 Å². The monoisotopic (exact) mass is 681 g/mol. The molecule has 4 aliphatic rings. The molecule has 1 aliphatic carbocycles. The van der Waals surface area contributed by atoms with Crippen molar-refractivity contribution in [2.45, 2.75) is 90.1 Å². The van der Waals surface area contributed by atoms with E-state index in [0.29, 0.717) is 12.6 Å². The standard InChI is InChI=1S/C37H44N7O4P/c1-19(2)32(42-37(46)47-4)36(45)44-20(3)7-12-30(44)35-39-27-11-9-21-15-26-24-10-8-22(28-17-38-34(40-28)29-6-5-13-43(29)49)14-23(24)18-48-31(26)16-25(21)33(27)41-35/h8,10,14-17,19-20,29-30,32H,5-7,9,11-13,18,49H2,1-4H3,(H,38,40)(H,39,41)(H,42,46)/t20-,29-,30-,32-/m0/s1. The number of methoxy groups -OCH3 is 1. The maximum Gasteiger partial charge on any atom is 0.407 e. The van der Waals surface area contributed by atoms with Crippen molar-refractivity contribution in [1.82, 2.24) is 34.8 Å². The first-order chi connectivity index (χ1) is 23.7. The van der Waals surface area contributed by atoms with Crippen LogP contribution in [0, 0.1) is 5.92 Å². The predicted octanol–water partition coefficient (Wildman–Crippen LogP) is 6.48. The van der Waals surface area contributed by atoms with E-state index >= 15 is 0 Å². The van der Waals surface area contributed by atoms with Crippen molar-refractivity contribution in [2.24, 2.45) is 5.92 Å². The van der Waals surface area contributed by atoms with Gasteiger partial charge in [-0.15, -0.1) is 0 Å².